The van der Waals surface area contributed by atoms with Gasteiger partial charge in [0.05, 0.1) is 0 Å². The predicted octanol–water partition coefficient (Wildman–Crippen LogP) is 3.66. The normalized spacial score (nSPS) is 10.8. The van der Waals surface area contributed by atoms with Crippen molar-refractivity contribution >= 4 is 22.3 Å². The summed E-state index contributed by atoms with van der Waals surface area (Å²) < 4.78 is 10.9. The number of aryl methyl sites for hydroxylation is 2. The Bertz CT molecular complexity index is 790. The van der Waals surface area contributed by atoms with Crippen LogP contribution in [0.5, 0.6) is 10.9 Å². The molecule has 3 rings (SSSR count). The number of ether oxygens (including phenoxy) is 1. The molecule has 2 heterocycles. The van der Waals surface area contributed by atoms with Crippen LogP contribution in [0.2, 0.25) is 0 Å². The van der Waals surface area contributed by atoms with Crippen molar-refractivity contribution in [3.63, 3.8) is 0 Å². The lowest BCUT2D eigenvalue weighted by atomic mass is 10.1. The number of benzene rings is 1. The van der Waals surface area contributed by atoms with E-state index < -0.39 is 0 Å². The molecule has 4 nitrogen and oxygen atoms in total. The predicted molar refractivity (Wildman–Crippen MR) is 74.1 cm³/mol. The number of fused-ring (bicyclic) bond motifs is 1. The Kier molecular flexibility index (Phi) is 2.83. The molecule has 0 saturated heterocycles. The quantitative estimate of drug-likeness (QED) is 0.669. The molecule has 0 radical (unpaired) electrons. The summed E-state index contributed by atoms with van der Waals surface area (Å²) >= 11 is 1.41. The van der Waals surface area contributed by atoms with E-state index in [2.05, 4.69) is 4.98 Å². The lowest BCUT2D eigenvalue weighted by Crippen LogP contribution is -1.98. The van der Waals surface area contributed by atoms with Crippen LogP contribution < -0.4 is 10.4 Å². The van der Waals surface area contributed by atoms with E-state index in [0.717, 1.165) is 16.5 Å². The van der Waals surface area contributed by atoms with Crippen molar-refractivity contribution < 1.29 is 9.15 Å². The van der Waals surface area contributed by atoms with Gasteiger partial charge in [-0.15, -0.1) is 0 Å². The fourth-order valence-electron chi connectivity index (χ4n) is 1.92. The first kappa shape index (κ1) is 11.9. The summed E-state index contributed by atoms with van der Waals surface area (Å²) in [6.45, 7) is 3.84. The molecule has 1 aromatic carbocycles. The SMILES string of the molecule is Cc1cc2c(C)cc(=O)oc2cc1Oc1nccs1. The molecule has 0 aliphatic heterocycles. The molecule has 0 atom stereocenters. The summed E-state index contributed by atoms with van der Waals surface area (Å²) in [5.41, 5.74) is 2.05. The molecule has 0 unspecified atom stereocenters. The van der Waals surface area contributed by atoms with E-state index in [1.165, 1.54) is 17.4 Å². The average molecular weight is 273 g/mol. The summed E-state index contributed by atoms with van der Waals surface area (Å²) in [6, 6.07) is 5.18. The molecular formula is C14H11NO3S. The molecule has 0 saturated carbocycles. The number of nitrogens with zero attached hydrogens (tertiary/aromatic N) is 1. The van der Waals surface area contributed by atoms with Gasteiger partial charge in [0.15, 0.2) is 0 Å². The fourth-order valence-corrected chi connectivity index (χ4v) is 2.42. The van der Waals surface area contributed by atoms with Crippen LogP contribution in [0, 0.1) is 13.8 Å². The third kappa shape index (κ3) is 2.24. The number of aromatic nitrogens is 1. The molecule has 5 heteroatoms. The summed E-state index contributed by atoms with van der Waals surface area (Å²) in [5.74, 6) is 0.649. The maximum absolute atomic E-state index is 11.4. The topological polar surface area (TPSA) is 52.3 Å². The van der Waals surface area contributed by atoms with Crippen LogP contribution in [0.4, 0.5) is 0 Å². The first-order valence-corrected chi connectivity index (χ1v) is 6.64. The molecule has 0 spiro atoms. The van der Waals surface area contributed by atoms with Gasteiger partial charge >= 0.3 is 5.63 Å². The van der Waals surface area contributed by atoms with Gasteiger partial charge in [0.2, 0.25) is 0 Å². The summed E-state index contributed by atoms with van der Waals surface area (Å²) in [6.07, 6.45) is 1.68. The Morgan fingerprint density at radius 2 is 2.05 bits per heavy atom. The fraction of sp³-hybridized carbons (Fsp3) is 0.143. The average Bonchev–Trinajstić information content (AvgIpc) is 2.84. The molecule has 3 aromatic rings. The molecule has 96 valence electrons. The Morgan fingerprint density at radius 1 is 1.21 bits per heavy atom. The standard InChI is InChI=1S/C14H11NO3S/c1-8-6-13(16)17-12-7-11(9(2)5-10(8)12)18-14-15-3-4-19-14/h3-7H,1-2H3. The first-order chi connectivity index (χ1) is 9.13. The third-order valence-electron chi connectivity index (χ3n) is 2.85. The summed E-state index contributed by atoms with van der Waals surface area (Å²) in [4.78, 5) is 15.5. The van der Waals surface area contributed by atoms with Gasteiger partial charge in [-0.2, -0.15) is 0 Å². The molecular weight excluding hydrogens is 262 g/mol. The highest BCUT2D eigenvalue weighted by molar-refractivity contribution is 7.11. The lowest BCUT2D eigenvalue weighted by Gasteiger charge is -2.08. The highest BCUT2D eigenvalue weighted by Gasteiger charge is 2.09. The Labute approximate surface area is 113 Å². The Balaban J connectivity index is 2.16. The molecule has 0 aliphatic rings. The number of hydrogen-bond donors (Lipinski definition) is 0. The zero-order valence-corrected chi connectivity index (χ0v) is 11.3. The van der Waals surface area contributed by atoms with Crippen molar-refractivity contribution in [2.24, 2.45) is 0 Å². The van der Waals surface area contributed by atoms with Gasteiger partial charge in [-0.25, -0.2) is 9.78 Å². The van der Waals surface area contributed by atoms with E-state index in [9.17, 15) is 4.79 Å². The van der Waals surface area contributed by atoms with E-state index in [-0.39, 0.29) is 5.63 Å². The zero-order chi connectivity index (χ0) is 13.4. The van der Waals surface area contributed by atoms with Crippen molar-refractivity contribution in [3.05, 3.63) is 51.3 Å². The van der Waals surface area contributed by atoms with Crippen LogP contribution in [0.3, 0.4) is 0 Å². The minimum Gasteiger partial charge on any atom is -0.430 e. The van der Waals surface area contributed by atoms with Crippen molar-refractivity contribution in [2.45, 2.75) is 13.8 Å². The zero-order valence-electron chi connectivity index (χ0n) is 10.5. The van der Waals surface area contributed by atoms with Gasteiger partial charge in [0.25, 0.3) is 5.19 Å². The van der Waals surface area contributed by atoms with Crippen LogP contribution in [0.1, 0.15) is 11.1 Å². The Morgan fingerprint density at radius 3 is 2.79 bits per heavy atom. The van der Waals surface area contributed by atoms with Gasteiger partial charge in [0.1, 0.15) is 11.3 Å². The van der Waals surface area contributed by atoms with E-state index >= 15 is 0 Å². The first-order valence-electron chi connectivity index (χ1n) is 5.76. The molecule has 0 amide bonds. The summed E-state index contributed by atoms with van der Waals surface area (Å²) in [5, 5.41) is 3.33. The largest absolute Gasteiger partial charge is 0.430 e. The molecule has 19 heavy (non-hydrogen) atoms. The second kappa shape index (κ2) is 4.51. The van der Waals surface area contributed by atoms with E-state index in [0.29, 0.717) is 16.5 Å². The van der Waals surface area contributed by atoms with Crippen molar-refractivity contribution in [3.8, 4) is 10.9 Å². The van der Waals surface area contributed by atoms with Gasteiger partial charge in [0, 0.05) is 29.1 Å². The smallest absolute Gasteiger partial charge is 0.336 e. The van der Waals surface area contributed by atoms with Crippen LogP contribution in [0.15, 0.2) is 39.0 Å². The minimum atomic E-state index is -0.353. The molecule has 0 N–H and O–H groups in total. The van der Waals surface area contributed by atoms with Gasteiger partial charge in [-0.05, 0) is 31.0 Å². The van der Waals surface area contributed by atoms with E-state index in [4.69, 9.17) is 9.15 Å². The number of hydrogen-bond acceptors (Lipinski definition) is 5. The number of rotatable bonds is 2. The molecule has 0 fully saturated rings. The van der Waals surface area contributed by atoms with Crippen LogP contribution in [0.25, 0.3) is 11.0 Å². The summed E-state index contributed by atoms with van der Waals surface area (Å²) in [7, 11) is 0. The van der Waals surface area contributed by atoms with Crippen molar-refractivity contribution in [1.29, 1.82) is 0 Å². The maximum Gasteiger partial charge on any atom is 0.336 e. The second-order valence-corrected chi connectivity index (χ2v) is 5.12. The molecule has 2 aromatic heterocycles. The van der Waals surface area contributed by atoms with Crippen LogP contribution >= 0.6 is 11.3 Å². The highest BCUT2D eigenvalue weighted by Crippen LogP contribution is 2.30. The van der Waals surface area contributed by atoms with Crippen molar-refractivity contribution in [2.75, 3.05) is 0 Å². The van der Waals surface area contributed by atoms with E-state index in [1.807, 2.05) is 25.3 Å². The van der Waals surface area contributed by atoms with Gasteiger partial charge in [-0.1, -0.05) is 11.3 Å². The monoisotopic (exact) mass is 273 g/mol. The molecule has 0 aliphatic carbocycles. The Hall–Kier alpha value is -2.14. The lowest BCUT2D eigenvalue weighted by molar-refractivity contribution is 0.473. The highest BCUT2D eigenvalue weighted by atomic mass is 32.1. The van der Waals surface area contributed by atoms with Crippen LogP contribution in [-0.2, 0) is 0 Å². The maximum atomic E-state index is 11.4. The van der Waals surface area contributed by atoms with Crippen LogP contribution in [-0.4, -0.2) is 4.98 Å². The third-order valence-corrected chi connectivity index (χ3v) is 3.50. The van der Waals surface area contributed by atoms with Crippen molar-refractivity contribution in [1.82, 2.24) is 4.98 Å². The second-order valence-electron chi connectivity index (χ2n) is 4.26. The van der Waals surface area contributed by atoms with E-state index in [1.54, 1.807) is 12.3 Å². The van der Waals surface area contributed by atoms with Gasteiger partial charge < -0.3 is 9.15 Å². The number of thiazole rings is 1. The molecule has 0 bridgehead atoms. The van der Waals surface area contributed by atoms with Gasteiger partial charge in [-0.3, -0.25) is 0 Å². The minimum absolute atomic E-state index is 0.353.